The van der Waals surface area contributed by atoms with Crippen molar-refractivity contribution in [3.63, 3.8) is 0 Å². The summed E-state index contributed by atoms with van der Waals surface area (Å²) in [5.74, 6) is 1.25. The monoisotopic (exact) mass is 365 g/mol. The van der Waals surface area contributed by atoms with Crippen LogP contribution in [0.25, 0.3) is 0 Å². The van der Waals surface area contributed by atoms with Crippen LogP contribution in [0.15, 0.2) is 42.5 Å². The van der Waals surface area contributed by atoms with Gasteiger partial charge in [0.1, 0.15) is 5.75 Å². The quantitative estimate of drug-likeness (QED) is 0.618. The van der Waals surface area contributed by atoms with Gasteiger partial charge < -0.3 is 10.1 Å². The van der Waals surface area contributed by atoms with Crippen molar-refractivity contribution >= 4 is 34.8 Å². The Balaban J connectivity index is 1.71. The molecule has 24 heavy (non-hydrogen) atoms. The van der Waals surface area contributed by atoms with E-state index in [1.807, 2.05) is 12.1 Å². The topological polar surface area (TPSA) is 38.3 Å². The largest absolute Gasteiger partial charge is 0.494 e. The zero-order chi connectivity index (χ0) is 17.5. The van der Waals surface area contributed by atoms with E-state index in [1.165, 1.54) is 5.56 Å². The van der Waals surface area contributed by atoms with Crippen LogP contribution in [0.4, 0.5) is 5.69 Å². The van der Waals surface area contributed by atoms with Gasteiger partial charge in [0.25, 0.3) is 0 Å². The van der Waals surface area contributed by atoms with E-state index < -0.39 is 0 Å². The van der Waals surface area contributed by atoms with Crippen LogP contribution in [0.2, 0.25) is 10.0 Å². The van der Waals surface area contributed by atoms with Gasteiger partial charge in [-0.05, 0) is 48.2 Å². The highest BCUT2D eigenvalue weighted by molar-refractivity contribution is 6.42. The van der Waals surface area contributed by atoms with Gasteiger partial charge in [0, 0.05) is 12.1 Å². The molecule has 5 heteroatoms. The first kappa shape index (κ1) is 18.6. The normalized spacial score (nSPS) is 10.7. The number of carbonyl (C=O) groups excluding carboxylic acids is 1. The maximum Gasteiger partial charge on any atom is 0.224 e. The molecular formula is C19H21Cl2NO2. The first-order chi connectivity index (χ1) is 11.5. The summed E-state index contributed by atoms with van der Waals surface area (Å²) in [7, 11) is 0. The van der Waals surface area contributed by atoms with E-state index in [1.54, 1.807) is 18.2 Å². The Morgan fingerprint density at radius 1 is 1.08 bits per heavy atom. The van der Waals surface area contributed by atoms with Crippen LogP contribution in [0, 0.1) is 0 Å². The molecule has 3 nitrogen and oxygen atoms in total. The number of hydrogen-bond acceptors (Lipinski definition) is 2. The fourth-order valence-electron chi connectivity index (χ4n) is 2.17. The number of nitrogens with one attached hydrogen (secondary N) is 1. The zero-order valence-electron chi connectivity index (χ0n) is 13.8. The van der Waals surface area contributed by atoms with Crippen molar-refractivity contribution in [2.75, 3.05) is 11.9 Å². The molecule has 2 aromatic carbocycles. The van der Waals surface area contributed by atoms with E-state index in [4.69, 9.17) is 27.9 Å². The number of carbonyl (C=O) groups is 1. The molecule has 0 heterocycles. The fourth-order valence-corrected chi connectivity index (χ4v) is 2.47. The highest BCUT2D eigenvalue weighted by Crippen LogP contribution is 2.25. The van der Waals surface area contributed by atoms with Gasteiger partial charge in [0.15, 0.2) is 0 Å². The molecule has 0 unspecified atom stereocenters. The zero-order valence-corrected chi connectivity index (χ0v) is 15.3. The predicted molar refractivity (Wildman–Crippen MR) is 100 cm³/mol. The molecule has 2 aromatic rings. The van der Waals surface area contributed by atoms with Crippen LogP contribution >= 0.6 is 23.2 Å². The van der Waals surface area contributed by atoms with Crippen molar-refractivity contribution < 1.29 is 9.53 Å². The second-order valence-electron chi connectivity index (χ2n) is 5.85. The molecule has 0 aliphatic rings. The Bertz CT molecular complexity index is 684. The molecule has 0 spiro atoms. The third-order valence-electron chi connectivity index (χ3n) is 3.57. The number of amides is 1. The molecule has 0 aliphatic heterocycles. The van der Waals surface area contributed by atoms with Crippen molar-refractivity contribution in [2.45, 2.75) is 32.6 Å². The van der Waals surface area contributed by atoms with E-state index in [0.717, 1.165) is 5.75 Å². The molecular weight excluding hydrogens is 345 g/mol. The van der Waals surface area contributed by atoms with Gasteiger partial charge in [0.2, 0.25) is 5.91 Å². The smallest absolute Gasteiger partial charge is 0.224 e. The molecule has 128 valence electrons. The standard InChI is InChI=1S/C19H21Cl2NO2/c1-13(2)14-5-8-16(9-6-14)24-11-3-4-19(23)22-15-7-10-17(20)18(21)12-15/h5-10,12-13H,3-4,11H2,1-2H3,(H,22,23). The summed E-state index contributed by atoms with van der Waals surface area (Å²) in [6.07, 6.45) is 1.02. The van der Waals surface area contributed by atoms with Gasteiger partial charge >= 0.3 is 0 Å². The number of ether oxygens (including phenoxy) is 1. The molecule has 1 N–H and O–H groups in total. The molecule has 0 fully saturated rings. The first-order valence-electron chi connectivity index (χ1n) is 7.93. The average molecular weight is 366 g/mol. The first-order valence-corrected chi connectivity index (χ1v) is 8.69. The molecule has 0 saturated carbocycles. The second kappa shape index (κ2) is 8.95. The van der Waals surface area contributed by atoms with Crippen molar-refractivity contribution in [2.24, 2.45) is 0 Å². The maximum absolute atomic E-state index is 11.9. The van der Waals surface area contributed by atoms with Gasteiger partial charge in [0.05, 0.1) is 16.7 Å². The lowest BCUT2D eigenvalue weighted by molar-refractivity contribution is -0.116. The number of hydrogen-bond donors (Lipinski definition) is 1. The third kappa shape index (κ3) is 5.73. The highest BCUT2D eigenvalue weighted by Gasteiger charge is 2.05. The van der Waals surface area contributed by atoms with Gasteiger partial charge in [-0.3, -0.25) is 4.79 Å². The molecule has 1 amide bonds. The summed E-state index contributed by atoms with van der Waals surface area (Å²) in [6.45, 7) is 4.81. The van der Waals surface area contributed by atoms with Crippen LogP contribution in [-0.4, -0.2) is 12.5 Å². The van der Waals surface area contributed by atoms with Crippen LogP contribution in [0.5, 0.6) is 5.75 Å². The van der Waals surface area contributed by atoms with Crippen LogP contribution in [0.3, 0.4) is 0 Å². The minimum Gasteiger partial charge on any atom is -0.494 e. The minimum absolute atomic E-state index is 0.0767. The summed E-state index contributed by atoms with van der Waals surface area (Å²) in [4.78, 5) is 11.9. The Hall–Kier alpha value is -1.71. The Morgan fingerprint density at radius 2 is 1.79 bits per heavy atom. The number of halogens is 2. The van der Waals surface area contributed by atoms with Crippen molar-refractivity contribution in [1.82, 2.24) is 0 Å². The SMILES string of the molecule is CC(C)c1ccc(OCCCC(=O)Nc2ccc(Cl)c(Cl)c2)cc1. The number of anilines is 1. The van der Waals surface area contributed by atoms with Gasteiger partial charge in [-0.1, -0.05) is 49.2 Å². The van der Waals surface area contributed by atoms with Crippen molar-refractivity contribution in [3.8, 4) is 5.75 Å². The lowest BCUT2D eigenvalue weighted by atomic mass is 10.0. The predicted octanol–water partition coefficient (Wildman–Crippen LogP) is 5.91. The summed E-state index contributed by atoms with van der Waals surface area (Å²) < 4.78 is 5.66. The molecule has 0 radical (unpaired) electrons. The third-order valence-corrected chi connectivity index (χ3v) is 4.31. The second-order valence-corrected chi connectivity index (χ2v) is 6.67. The van der Waals surface area contributed by atoms with E-state index in [2.05, 4.69) is 31.3 Å². The van der Waals surface area contributed by atoms with Crippen LogP contribution in [-0.2, 0) is 4.79 Å². The Labute approximate surface area is 152 Å². The molecule has 0 atom stereocenters. The fraction of sp³-hybridized carbons (Fsp3) is 0.316. The lowest BCUT2D eigenvalue weighted by Crippen LogP contribution is -2.12. The van der Waals surface area contributed by atoms with Crippen LogP contribution in [0.1, 0.15) is 38.2 Å². The van der Waals surface area contributed by atoms with Crippen LogP contribution < -0.4 is 10.1 Å². The Morgan fingerprint density at radius 3 is 2.42 bits per heavy atom. The average Bonchev–Trinajstić information content (AvgIpc) is 2.55. The molecule has 0 saturated heterocycles. The molecule has 0 aliphatic carbocycles. The van der Waals surface area contributed by atoms with E-state index in [9.17, 15) is 4.79 Å². The lowest BCUT2D eigenvalue weighted by Gasteiger charge is -2.09. The summed E-state index contributed by atoms with van der Waals surface area (Å²) in [6, 6.07) is 13.1. The van der Waals surface area contributed by atoms with E-state index in [0.29, 0.717) is 41.1 Å². The van der Waals surface area contributed by atoms with Gasteiger partial charge in [-0.15, -0.1) is 0 Å². The molecule has 0 aromatic heterocycles. The highest BCUT2D eigenvalue weighted by atomic mass is 35.5. The molecule has 0 bridgehead atoms. The summed E-state index contributed by atoms with van der Waals surface area (Å²) in [5, 5.41) is 3.67. The number of rotatable bonds is 7. The van der Waals surface area contributed by atoms with Gasteiger partial charge in [-0.25, -0.2) is 0 Å². The Kier molecular flexibility index (Phi) is 6.95. The number of benzene rings is 2. The van der Waals surface area contributed by atoms with Crippen molar-refractivity contribution in [3.05, 3.63) is 58.1 Å². The summed E-state index contributed by atoms with van der Waals surface area (Å²) in [5.41, 5.74) is 1.92. The summed E-state index contributed by atoms with van der Waals surface area (Å²) >= 11 is 11.8. The van der Waals surface area contributed by atoms with Gasteiger partial charge in [-0.2, -0.15) is 0 Å². The van der Waals surface area contributed by atoms with E-state index in [-0.39, 0.29) is 5.91 Å². The van der Waals surface area contributed by atoms with Crippen molar-refractivity contribution in [1.29, 1.82) is 0 Å². The molecule has 2 rings (SSSR count). The minimum atomic E-state index is -0.0767. The van der Waals surface area contributed by atoms with E-state index >= 15 is 0 Å². The maximum atomic E-state index is 11.9.